The number of carbonyl (C=O) groups is 2. The predicted octanol–water partition coefficient (Wildman–Crippen LogP) is 2.06. The van der Waals surface area contributed by atoms with Crippen LogP contribution in [0.5, 0.6) is 0 Å². The Balaban J connectivity index is 2.00. The average Bonchev–Trinajstić information content (AvgIpc) is 2.26. The third kappa shape index (κ3) is 3.61. The number of piperidine rings is 2. The molecule has 2 amide bonds. The fourth-order valence-corrected chi connectivity index (χ4v) is 2.93. The van der Waals surface area contributed by atoms with Gasteiger partial charge in [0.05, 0.1) is 5.54 Å². The van der Waals surface area contributed by atoms with Crippen molar-refractivity contribution in [3.05, 3.63) is 0 Å². The van der Waals surface area contributed by atoms with Gasteiger partial charge in [0.2, 0.25) is 5.91 Å². The number of rotatable bonds is 0. The number of nitrogens with zero attached hydrogens (tertiary/aromatic N) is 1. The minimum absolute atomic E-state index is 0.109. The van der Waals surface area contributed by atoms with Crippen LogP contribution in [0, 0.1) is 0 Å². The van der Waals surface area contributed by atoms with Crippen LogP contribution in [0.1, 0.15) is 52.9 Å². The van der Waals surface area contributed by atoms with Crippen molar-refractivity contribution < 1.29 is 14.3 Å². The maximum absolute atomic E-state index is 12.1. The molecule has 2 rings (SSSR count). The van der Waals surface area contributed by atoms with E-state index in [0.717, 1.165) is 25.7 Å². The van der Waals surface area contributed by atoms with Gasteiger partial charge in [0.15, 0.2) is 0 Å². The van der Waals surface area contributed by atoms with E-state index in [9.17, 15) is 9.59 Å². The van der Waals surface area contributed by atoms with E-state index in [1.807, 2.05) is 20.8 Å². The van der Waals surface area contributed by atoms with Crippen LogP contribution >= 0.6 is 0 Å². The Bertz CT molecular complexity index is 371. The van der Waals surface area contributed by atoms with Crippen molar-refractivity contribution in [3.8, 4) is 0 Å². The summed E-state index contributed by atoms with van der Waals surface area (Å²) in [4.78, 5) is 25.4. The van der Waals surface area contributed by atoms with E-state index in [-0.39, 0.29) is 17.5 Å². The number of hydrogen-bond donors (Lipinski definition) is 1. The molecule has 0 aliphatic carbocycles. The number of amides is 2. The zero-order valence-electron chi connectivity index (χ0n) is 12.1. The third-order valence-corrected chi connectivity index (χ3v) is 3.69. The van der Waals surface area contributed by atoms with E-state index in [2.05, 4.69) is 5.32 Å². The maximum Gasteiger partial charge on any atom is 0.410 e. The van der Waals surface area contributed by atoms with Crippen LogP contribution in [-0.2, 0) is 9.53 Å². The van der Waals surface area contributed by atoms with Crippen molar-refractivity contribution in [2.45, 2.75) is 64.0 Å². The molecule has 0 radical (unpaired) electrons. The first-order chi connectivity index (χ1) is 8.80. The highest BCUT2D eigenvalue weighted by molar-refractivity contribution is 5.78. The van der Waals surface area contributed by atoms with Gasteiger partial charge in [0.25, 0.3) is 0 Å². The lowest BCUT2D eigenvalue weighted by atomic mass is 9.81. The van der Waals surface area contributed by atoms with Crippen LogP contribution in [0.4, 0.5) is 4.79 Å². The summed E-state index contributed by atoms with van der Waals surface area (Å²) >= 11 is 0. The largest absolute Gasteiger partial charge is 0.444 e. The maximum atomic E-state index is 12.1. The summed E-state index contributed by atoms with van der Waals surface area (Å²) < 4.78 is 5.41. The summed E-state index contributed by atoms with van der Waals surface area (Å²) in [6.45, 7) is 6.90. The van der Waals surface area contributed by atoms with Crippen LogP contribution in [-0.4, -0.2) is 41.1 Å². The van der Waals surface area contributed by atoms with Gasteiger partial charge < -0.3 is 15.0 Å². The molecule has 5 nitrogen and oxygen atoms in total. The molecule has 0 aromatic heterocycles. The second kappa shape index (κ2) is 5.02. The Kier molecular flexibility index (Phi) is 3.74. The van der Waals surface area contributed by atoms with Crippen LogP contribution in [0.25, 0.3) is 0 Å². The summed E-state index contributed by atoms with van der Waals surface area (Å²) in [5.41, 5.74) is -0.692. The van der Waals surface area contributed by atoms with Gasteiger partial charge in [-0.15, -0.1) is 0 Å². The lowest BCUT2D eigenvalue weighted by molar-refractivity contribution is -0.126. The van der Waals surface area contributed by atoms with Crippen molar-refractivity contribution in [2.75, 3.05) is 13.1 Å². The number of ether oxygens (including phenoxy) is 1. The van der Waals surface area contributed by atoms with E-state index in [0.29, 0.717) is 19.5 Å². The van der Waals surface area contributed by atoms with Gasteiger partial charge in [-0.1, -0.05) is 0 Å². The highest BCUT2D eigenvalue weighted by Gasteiger charge is 2.41. The quantitative estimate of drug-likeness (QED) is 0.731. The van der Waals surface area contributed by atoms with Crippen molar-refractivity contribution in [1.29, 1.82) is 0 Å². The Morgan fingerprint density at radius 3 is 2.63 bits per heavy atom. The molecule has 0 unspecified atom stereocenters. The molecule has 0 aromatic rings. The summed E-state index contributed by atoms with van der Waals surface area (Å²) in [7, 11) is 0. The SMILES string of the molecule is CC(C)(C)OC(=O)N1CCC[C@@]2(CCCC(=O)N2)C1. The third-order valence-electron chi connectivity index (χ3n) is 3.69. The molecule has 19 heavy (non-hydrogen) atoms. The van der Waals surface area contributed by atoms with Crippen molar-refractivity contribution >= 4 is 12.0 Å². The number of likely N-dealkylation sites (tertiary alicyclic amines) is 1. The predicted molar refractivity (Wildman–Crippen MR) is 71.8 cm³/mol. The fraction of sp³-hybridized carbons (Fsp3) is 0.857. The second-order valence-electron chi connectivity index (χ2n) is 6.69. The normalized spacial score (nSPS) is 28.2. The molecule has 0 saturated carbocycles. The summed E-state index contributed by atoms with van der Waals surface area (Å²) in [5, 5.41) is 3.09. The van der Waals surface area contributed by atoms with Gasteiger partial charge in [0.1, 0.15) is 5.60 Å². The second-order valence-corrected chi connectivity index (χ2v) is 6.69. The smallest absolute Gasteiger partial charge is 0.410 e. The summed E-state index contributed by atoms with van der Waals surface area (Å²) in [6, 6.07) is 0. The first-order valence-corrected chi connectivity index (χ1v) is 7.09. The van der Waals surface area contributed by atoms with Gasteiger partial charge >= 0.3 is 6.09 Å². The molecule has 2 heterocycles. The minimum atomic E-state index is -0.475. The average molecular weight is 268 g/mol. The molecule has 0 bridgehead atoms. The van der Waals surface area contributed by atoms with Crippen molar-refractivity contribution in [1.82, 2.24) is 10.2 Å². The zero-order chi connectivity index (χ0) is 14.1. The van der Waals surface area contributed by atoms with Crippen molar-refractivity contribution in [2.24, 2.45) is 0 Å². The number of hydrogen-bond acceptors (Lipinski definition) is 3. The Morgan fingerprint density at radius 2 is 2.00 bits per heavy atom. The molecule has 2 fully saturated rings. The van der Waals surface area contributed by atoms with Gasteiger partial charge in [0, 0.05) is 19.5 Å². The Morgan fingerprint density at radius 1 is 1.32 bits per heavy atom. The Hall–Kier alpha value is -1.26. The molecular weight excluding hydrogens is 244 g/mol. The van der Waals surface area contributed by atoms with Gasteiger partial charge in [-0.25, -0.2) is 4.79 Å². The molecule has 108 valence electrons. The molecule has 1 N–H and O–H groups in total. The molecule has 2 aliphatic rings. The van der Waals surface area contributed by atoms with E-state index < -0.39 is 5.60 Å². The lowest BCUT2D eigenvalue weighted by Gasteiger charge is -2.45. The van der Waals surface area contributed by atoms with Gasteiger partial charge in [-0.05, 0) is 46.5 Å². The van der Waals surface area contributed by atoms with Gasteiger partial charge in [-0.2, -0.15) is 0 Å². The van der Waals surface area contributed by atoms with Crippen molar-refractivity contribution in [3.63, 3.8) is 0 Å². The Labute approximate surface area is 114 Å². The van der Waals surface area contributed by atoms with Crippen LogP contribution in [0.2, 0.25) is 0 Å². The van der Waals surface area contributed by atoms with Crippen LogP contribution in [0.3, 0.4) is 0 Å². The monoisotopic (exact) mass is 268 g/mol. The summed E-state index contributed by atoms with van der Waals surface area (Å²) in [5.74, 6) is 0.109. The number of nitrogens with one attached hydrogen (secondary N) is 1. The van der Waals surface area contributed by atoms with E-state index >= 15 is 0 Å². The zero-order valence-corrected chi connectivity index (χ0v) is 12.1. The number of carbonyl (C=O) groups excluding carboxylic acids is 2. The van der Waals surface area contributed by atoms with E-state index in [1.54, 1.807) is 4.90 Å². The molecular formula is C14H24N2O3. The van der Waals surface area contributed by atoms with Gasteiger partial charge in [-0.3, -0.25) is 4.79 Å². The fourth-order valence-electron chi connectivity index (χ4n) is 2.93. The first-order valence-electron chi connectivity index (χ1n) is 7.09. The topological polar surface area (TPSA) is 58.6 Å². The van der Waals surface area contributed by atoms with E-state index in [4.69, 9.17) is 4.74 Å². The minimum Gasteiger partial charge on any atom is -0.444 e. The van der Waals surface area contributed by atoms with E-state index in [1.165, 1.54) is 0 Å². The van der Waals surface area contributed by atoms with Crippen LogP contribution in [0.15, 0.2) is 0 Å². The molecule has 2 saturated heterocycles. The molecule has 5 heteroatoms. The lowest BCUT2D eigenvalue weighted by Crippen LogP contribution is -2.61. The highest BCUT2D eigenvalue weighted by Crippen LogP contribution is 2.30. The molecule has 1 spiro atoms. The van der Waals surface area contributed by atoms with Crippen LogP contribution < -0.4 is 5.32 Å². The molecule has 2 aliphatic heterocycles. The standard InChI is InChI=1S/C14H24N2O3/c1-13(2,3)19-12(18)16-9-5-8-14(10-16)7-4-6-11(17)15-14/h4-10H2,1-3H3,(H,15,17)/t14-/m0/s1. The first kappa shape index (κ1) is 14.2. The summed E-state index contributed by atoms with van der Waals surface area (Å²) in [6.07, 6.45) is 4.07. The molecule has 1 atom stereocenters. The molecule has 0 aromatic carbocycles. The highest BCUT2D eigenvalue weighted by atomic mass is 16.6.